The summed E-state index contributed by atoms with van der Waals surface area (Å²) in [6.07, 6.45) is 8.78. The van der Waals surface area contributed by atoms with E-state index in [9.17, 15) is 24.6 Å². The van der Waals surface area contributed by atoms with Crippen molar-refractivity contribution in [1.29, 1.82) is 0 Å². The van der Waals surface area contributed by atoms with Crippen LogP contribution in [0.3, 0.4) is 0 Å². The van der Waals surface area contributed by atoms with E-state index in [1.807, 2.05) is 0 Å². The second-order valence-electron chi connectivity index (χ2n) is 7.72. The van der Waals surface area contributed by atoms with Gasteiger partial charge in [0.2, 0.25) is 0 Å². The number of carbonyl (C=O) groups is 3. The average Bonchev–Trinajstić information content (AvgIpc) is 3.41. The van der Waals surface area contributed by atoms with Gasteiger partial charge in [0, 0.05) is 12.8 Å². The van der Waals surface area contributed by atoms with Crippen molar-refractivity contribution in [2.45, 2.75) is 84.0 Å². The Kier molecular flexibility index (Phi) is 6.05. The summed E-state index contributed by atoms with van der Waals surface area (Å²) in [4.78, 5) is 35.1. The molecule has 0 heterocycles. The van der Waals surface area contributed by atoms with E-state index in [-0.39, 0.29) is 11.7 Å². The van der Waals surface area contributed by atoms with Gasteiger partial charge in [0.25, 0.3) is 0 Å². The van der Waals surface area contributed by atoms with Crippen LogP contribution in [0.5, 0.6) is 0 Å². The number of rotatable bonds is 13. The smallest absolute Gasteiger partial charge is 0.309 e. The quantitative estimate of drug-likeness (QED) is 0.494. The first-order valence-corrected chi connectivity index (χ1v) is 9.37. The fourth-order valence-corrected chi connectivity index (χ4v) is 4.14. The van der Waals surface area contributed by atoms with Crippen LogP contribution in [0.15, 0.2) is 0 Å². The molecule has 2 N–H and O–H groups in total. The van der Waals surface area contributed by atoms with Gasteiger partial charge in [-0.15, -0.1) is 0 Å². The number of hydrogen-bond acceptors (Lipinski definition) is 3. The highest BCUT2D eigenvalue weighted by molar-refractivity contribution is 5.83. The fourth-order valence-electron chi connectivity index (χ4n) is 4.14. The summed E-state index contributed by atoms with van der Waals surface area (Å²) in [5.41, 5.74) is -1.64. The molecule has 0 atom stereocenters. The first kappa shape index (κ1) is 18.9. The van der Waals surface area contributed by atoms with Crippen molar-refractivity contribution in [3.8, 4) is 0 Å². The average molecular weight is 338 g/mol. The molecule has 2 aliphatic rings. The summed E-state index contributed by atoms with van der Waals surface area (Å²) in [6, 6.07) is 0. The minimum Gasteiger partial charge on any atom is -0.481 e. The first-order valence-electron chi connectivity index (χ1n) is 9.37. The number of hydrogen-bond donors (Lipinski definition) is 2. The zero-order valence-electron chi connectivity index (χ0n) is 14.7. The minimum absolute atomic E-state index is 0.277. The maximum absolute atomic E-state index is 11.8. The molecule has 0 spiro atoms. The molecule has 2 aliphatic carbocycles. The molecule has 2 fully saturated rings. The molecule has 0 radical (unpaired) electrons. The van der Waals surface area contributed by atoms with Crippen molar-refractivity contribution < 1.29 is 24.6 Å². The Bertz CT molecular complexity index is 458. The summed E-state index contributed by atoms with van der Waals surface area (Å²) in [6.45, 7) is 2.11. The normalized spacial score (nSPS) is 19.9. The van der Waals surface area contributed by atoms with Gasteiger partial charge >= 0.3 is 11.9 Å². The van der Waals surface area contributed by atoms with Gasteiger partial charge in [0.15, 0.2) is 0 Å². The Balaban J connectivity index is 1.84. The molecule has 0 amide bonds. The van der Waals surface area contributed by atoms with Gasteiger partial charge < -0.3 is 10.2 Å². The highest BCUT2D eigenvalue weighted by Gasteiger charge is 2.68. The van der Waals surface area contributed by atoms with E-state index in [1.165, 1.54) is 0 Å². The molecule has 136 valence electrons. The largest absolute Gasteiger partial charge is 0.481 e. The molecule has 0 aromatic heterocycles. The van der Waals surface area contributed by atoms with Crippen LogP contribution in [0.25, 0.3) is 0 Å². The van der Waals surface area contributed by atoms with Gasteiger partial charge in [-0.2, -0.15) is 0 Å². The van der Waals surface area contributed by atoms with Crippen LogP contribution in [0.2, 0.25) is 0 Å². The van der Waals surface area contributed by atoms with E-state index in [2.05, 4.69) is 6.92 Å². The predicted molar refractivity (Wildman–Crippen MR) is 89.7 cm³/mol. The number of carbonyl (C=O) groups excluding carboxylic acids is 1. The van der Waals surface area contributed by atoms with E-state index in [0.717, 1.165) is 32.1 Å². The lowest BCUT2D eigenvalue weighted by molar-refractivity contribution is -0.153. The predicted octanol–water partition coefficient (Wildman–Crippen LogP) is 4.04. The number of unbranched alkanes of at least 4 members (excludes halogenated alkanes) is 3. The van der Waals surface area contributed by atoms with Crippen molar-refractivity contribution in [1.82, 2.24) is 0 Å². The zero-order valence-corrected chi connectivity index (χ0v) is 14.7. The maximum atomic E-state index is 11.8. The third-order valence-corrected chi connectivity index (χ3v) is 6.02. The summed E-state index contributed by atoms with van der Waals surface area (Å²) in [5, 5.41) is 19.1. The topological polar surface area (TPSA) is 91.7 Å². The molecule has 0 aromatic rings. The van der Waals surface area contributed by atoms with Crippen LogP contribution in [-0.2, 0) is 14.4 Å². The molecule has 2 rings (SSSR count). The number of carboxylic acid groups (broad SMARTS) is 2. The third-order valence-electron chi connectivity index (χ3n) is 6.02. The number of aliphatic carboxylic acids is 2. The van der Waals surface area contributed by atoms with Crippen LogP contribution in [-0.4, -0.2) is 27.9 Å². The van der Waals surface area contributed by atoms with Crippen LogP contribution < -0.4 is 0 Å². The van der Waals surface area contributed by atoms with Gasteiger partial charge in [0.1, 0.15) is 5.78 Å². The van der Waals surface area contributed by atoms with E-state index < -0.39 is 22.8 Å². The number of ketones is 1. The molecule has 0 aliphatic heterocycles. The SMILES string of the molecule is CCCCCC(=O)CCCCC(C1(C(=O)O)CC1)C1(C(=O)O)CC1. The summed E-state index contributed by atoms with van der Waals surface area (Å²) >= 11 is 0. The van der Waals surface area contributed by atoms with Crippen molar-refractivity contribution in [2.75, 3.05) is 0 Å². The van der Waals surface area contributed by atoms with Gasteiger partial charge in [-0.3, -0.25) is 14.4 Å². The van der Waals surface area contributed by atoms with E-state index >= 15 is 0 Å². The minimum atomic E-state index is -0.837. The molecular weight excluding hydrogens is 308 g/mol. The number of carboxylic acids is 2. The Morgan fingerprint density at radius 3 is 1.67 bits per heavy atom. The van der Waals surface area contributed by atoms with Crippen molar-refractivity contribution >= 4 is 17.7 Å². The van der Waals surface area contributed by atoms with Crippen LogP contribution in [0.4, 0.5) is 0 Å². The van der Waals surface area contributed by atoms with Gasteiger partial charge in [-0.1, -0.05) is 26.2 Å². The van der Waals surface area contributed by atoms with Crippen LogP contribution in [0.1, 0.15) is 84.0 Å². The van der Waals surface area contributed by atoms with Gasteiger partial charge in [0.05, 0.1) is 10.8 Å². The molecule has 0 unspecified atom stereocenters. The van der Waals surface area contributed by atoms with E-state index in [0.29, 0.717) is 44.9 Å². The molecule has 0 bridgehead atoms. The summed E-state index contributed by atoms with van der Waals surface area (Å²) in [5.74, 6) is -1.68. The second-order valence-corrected chi connectivity index (χ2v) is 7.72. The highest BCUT2D eigenvalue weighted by Crippen LogP contribution is 2.67. The Labute approximate surface area is 143 Å². The standard InChI is InChI=1S/C19H30O5/c1-2-3-4-7-14(20)8-5-6-9-15(18(10-11-18)16(21)22)19(12-13-19)17(23)24/h15H,2-13H2,1H3,(H,21,22)(H,23,24). The molecular formula is C19H30O5. The van der Waals surface area contributed by atoms with E-state index in [4.69, 9.17) is 0 Å². The second kappa shape index (κ2) is 7.66. The summed E-state index contributed by atoms with van der Waals surface area (Å²) < 4.78 is 0. The van der Waals surface area contributed by atoms with E-state index in [1.54, 1.807) is 0 Å². The molecule has 0 aromatic carbocycles. The first-order chi connectivity index (χ1) is 11.4. The molecule has 2 saturated carbocycles. The lowest BCUT2D eigenvalue weighted by atomic mass is 9.73. The van der Waals surface area contributed by atoms with Crippen molar-refractivity contribution in [3.05, 3.63) is 0 Å². The molecule has 24 heavy (non-hydrogen) atoms. The lowest BCUT2D eigenvalue weighted by Crippen LogP contribution is -2.36. The van der Waals surface area contributed by atoms with Gasteiger partial charge in [-0.05, 0) is 50.9 Å². The summed E-state index contributed by atoms with van der Waals surface area (Å²) in [7, 11) is 0. The van der Waals surface area contributed by atoms with Gasteiger partial charge in [-0.25, -0.2) is 0 Å². The maximum Gasteiger partial charge on any atom is 0.309 e. The number of Topliss-reactive ketones (excluding diaryl/α,β-unsaturated/α-hetero) is 1. The van der Waals surface area contributed by atoms with Crippen molar-refractivity contribution in [2.24, 2.45) is 16.7 Å². The highest BCUT2D eigenvalue weighted by atomic mass is 16.4. The van der Waals surface area contributed by atoms with Crippen LogP contribution in [0, 0.1) is 16.7 Å². The monoisotopic (exact) mass is 338 g/mol. The molecule has 5 heteroatoms. The van der Waals surface area contributed by atoms with Crippen molar-refractivity contribution in [3.63, 3.8) is 0 Å². The fraction of sp³-hybridized carbons (Fsp3) is 0.842. The van der Waals surface area contributed by atoms with Crippen LogP contribution >= 0.6 is 0 Å². The molecule has 5 nitrogen and oxygen atoms in total. The Hall–Kier alpha value is -1.39. The zero-order chi connectivity index (χ0) is 17.8. The molecule has 0 saturated heterocycles. The Morgan fingerprint density at radius 1 is 0.833 bits per heavy atom. The third kappa shape index (κ3) is 3.98. The lowest BCUT2D eigenvalue weighted by Gasteiger charge is -2.29. The Morgan fingerprint density at radius 2 is 1.29 bits per heavy atom.